The van der Waals surface area contributed by atoms with E-state index in [9.17, 15) is 9.18 Å². The van der Waals surface area contributed by atoms with Gasteiger partial charge in [0, 0.05) is 18.0 Å². The molecule has 0 aliphatic heterocycles. The Kier molecular flexibility index (Phi) is 8.17. The van der Waals surface area contributed by atoms with E-state index < -0.39 is 0 Å². The average Bonchev–Trinajstić information content (AvgIpc) is 2.38. The molecule has 21 heavy (non-hydrogen) atoms. The molecule has 1 heterocycles. The predicted octanol–water partition coefficient (Wildman–Crippen LogP) is 2.60. The maximum absolute atomic E-state index is 13.1. The third kappa shape index (κ3) is 4.81. The number of hydrogen-bond acceptors (Lipinski definition) is 3. The fourth-order valence-corrected chi connectivity index (χ4v) is 1.87. The maximum Gasteiger partial charge on any atom is 0.253 e. The molecule has 0 atom stereocenters. The van der Waals surface area contributed by atoms with Gasteiger partial charge in [-0.25, -0.2) is 4.39 Å². The largest absolute Gasteiger partial charge is 0.352 e. The summed E-state index contributed by atoms with van der Waals surface area (Å²) in [7, 11) is 0. The first kappa shape index (κ1) is 19.6. The summed E-state index contributed by atoms with van der Waals surface area (Å²) >= 11 is 0. The summed E-state index contributed by atoms with van der Waals surface area (Å²) in [6.45, 7) is 2.81. The van der Waals surface area contributed by atoms with Crippen LogP contribution in [0.5, 0.6) is 0 Å². The number of rotatable bonds is 4. The molecule has 2 rings (SSSR count). The zero-order chi connectivity index (χ0) is 13.8. The van der Waals surface area contributed by atoms with Gasteiger partial charge in [-0.2, -0.15) is 0 Å². The molecule has 1 amide bonds. The lowest BCUT2D eigenvalue weighted by molar-refractivity contribution is 0.0952. The normalized spacial score (nSPS) is 9.67. The van der Waals surface area contributed by atoms with Crippen molar-refractivity contribution in [3.8, 4) is 0 Å². The van der Waals surface area contributed by atoms with Gasteiger partial charge in [-0.15, -0.1) is 24.8 Å². The van der Waals surface area contributed by atoms with Crippen molar-refractivity contribution in [2.24, 2.45) is 5.73 Å². The van der Waals surface area contributed by atoms with Crippen LogP contribution >= 0.6 is 24.8 Å². The minimum atomic E-state index is -0.334. The lowest BCUT2D eigenvalue weighted by Crippen LogP contribution is -2.26. The molecule has 0 unspecified atom stereocenters. The number of halogens is 3. The second-order valence-electron chi connectivity index (χ2n) is 4.36. The van der Waals surface area contributed by atoms with Crippen LogP contribution in [0.1, 0.15) is 22.5 Å². The Bertz CT molecular complexity index is 622. The smallest absolute Gasteiger partial charge is 0.253 e. The number of amides is 1. The zero-order valence-electron chi connectivity index (χ0n) is 11.6. The molecule has 0 aliphatic carbocycles. The van der Waals surface area contributed by atoms with Crippen molar-refractivity contribution >= 4 is 41.6 Å². The van der Waals surface area contributed by atoms with Crippen LogP contribution < -0.4 is 11.1 Å². The Morgan fingerprint density at radius 2 is 2.05 bits per heavy atom. The third-order valence-electron chi connectivity index (χ3n) is 2.88. The van der Waals surface area contributed by atoms with Crippen molar-refractivity contribution in [2.75, 3.05) is 13.1 Å². The van der Waals surface area contributed by atoms with Gasteiger partial charge in [0.1, 0.15) is 5.82 Å². The van der Waals surface area contributed by atoms with Gasteiger partial charge in [-0.05, 0) is 38.1 Å². The Labute approximate surface area is 135 Å². The molecule has 0 saturated carbocycles. The van der Waals surface area contributed by atoms with Gasteiger partial charge in [-0.1, -0.05) is 0 Å². The summed E-state index contributed by atoms with van der Waals surface area (Å²) in [5.41, 5.74) is 7.02. The Morgan fingerprint density at radius 1 is 1.33 bits per heavy atom. The number of hydrogen-bond donors (Lipinski definition) is 2. The molecule has 4 nitrogen and oxygen atoms in total. The van der Waals surface area contributed by atoms with Crippen molar-refractivity contribution in [2.45, 2.75) is 13.3 Å². The fraction of sp³-hybridized carbons (Fsp3) is 0.286. The zero-order valence-corrected chi connectivity index (χ0v) is 13.2. The van der Waals surface area contributed by atoms with Gasteiger partial charge >= 0.3 is 0 Å². The van der Waals surface area contributed by atoms with Crippen LogP contribution in [0.4, 0.5) is 4.39 Å². The first-order chi connectivity index (χ1) is 9.11. The molecule has 2 aromatic rings. The second kappa shape index (κ2) is 8.77. The number of aromatic nitrogens is 1. The van der Waals surface area contributed by atoms with E-state index in [4.69, 9.17) is 5.73 Å². The standard InChI is InChI=1S/C14H16FN3O.2ClH/c1-9-12(14(19)17-6-2-5-16)7-10-3-4-11(15)8-13(10)18-9;;/h3-4,7-8H,2,5-6,16H2,1H3,(H,17,19);2*1H. The van der Waals surface area contributed by atoms with Crippen LogP contribution in [-0.2, 0) is 0 Å². The Morgan fingerprint density at radius 3 is 2.71 bits per heavy atom. The van der Waals surface area contributed by atoms with Gasteiger partial charge in [0.25, 0.3) is 5.91 Å². The molecule has 1 aromatic carbocycles. The summed E-state index contributed by atoms with van der Waals surface area (Å²) < 4.78 is 13.1. The number of carbonyl (C=O) groups is 1. The van der Waals surface area contributed by atoms with Gasteiger partial charge in [0.2, 0.25) is 0 Å². The van der Waals surface area contributed by atoms with Gasteiger partial charge in [0.15, 0.2) is 0 Å². The highest BCUT2D eigenvalue weighted by atomic mass is 35.5. The highest BCUT2D eigenvalue weighted by molar-refractivity contribution is 5.98. The molecule has 3 N–H and O–H groups in total. The Balaban J connectivity index is 0.00000200. The molecule has 7 heteroatoms. The molecular formula is C14H18Cl2FN3O. The lowest BCUT2D eigenvalue weighted by atomic mass is 10.1. The highest BCUT2D eigenvalue weighted by Gasteiger charge is 2.11. The number of fused-ring (bicyclic) bond motifs is 1. The number of aryl methyl sites for hydroxylation is 1. The number of nitrogens with two attached hydrogens (primary N) is 1. The van der Waals surface area contributed by atoms with Crippen LogP contribution in [0.3, 0.4) is 0 Å². The van der Waals surface area contributed by atoms with Gasteiger partial charge in [-0.3, -0.25) is 9.78 Å². The first-order valence-electron chi connectivity index (χ1n) is 6.17. The molecule has 116 valence electrons. The van der Waals surface area contributed by atoms with Gasteiger partial charge in [0.05, 0.1) is 16.8 Å². The SMILES string of the molecule is Cc1nc2cc(F)ccc2cc1C(=O)NCCCN.Cl.Cl. The topological polar surface area (TPSA) is 68.0 Å². The van der Waals surface area contributed by atoms with E-state index in [0.29, 0.717) is 29.9 Å². The third-order valence-corrected chi connectivity index (χ3v) is 2.88. The molecule has 0 spiro atoms. The van der Waals surface area contributed by atoms with E-state index in [0.717, 1.165) is 11.8 Å². The molecule has 0 radical (unpaired) electrons. The average molecular weight is 334 g/mol. The lowest BCUT2D eigenvalue weighted by Gasteiger charge is -2.08. The van der Waals surface area contributed by atoms with E-state index in [-0.39, 0.29) is 36.5 Å². The van der Waals surface area contributed by atoms with Crippen LogP contribution in [0, 0.1) is 12.7 Å². The first-order valence-corrected chi connectivity index (χ1v) is 6.17. The number of nitrogens with zero attached hydrogens (tertiary/aromatic N) is 1. The quantitative estimate of drug-likeness (QED) is 0.845. The summed E-state index contributed by atoms with van der Waals surface area (Å²) in [5, 5.41) is 3.53. The van der Waals surface area contributed by atoms with Crippen molar-refractivity contribution in [3.05, 3.63) is 41.3 Å². The predicted molar refractivity (Wildman–Crippen MR) is 86.9 cm³/mol. The highest BCUT2D eigenvalue weighted by Crippen LogP contribution is 2.17. The van der Waals surface area contributed by atoms with E-state index >= 15 is 0 Å². The van der Waals surface area contributed by atoms with Crippen LogP contribution in [0.15, 0.2) is 24.3 Å². The monoisotopic (exact) mass is 333 g/mol. The van der Waals surface area contributed by atoms with Crippen LogP contribution in [0.25, 0.3) is 10.9 Å². The van der Waals surface area contributed by atoms with Crippen molar-refractivity contribution in [1.82, 2.24) is 10.3 Å². The second-order valence-corrected chi connectivity index (χ2v) is 4.36. The van der Waals surface area contributed by atoms with Crippen LogP contribution in [0.2, 0.25) is 0 Å². The number of pyridine rings is 1. The Hall–Kier alpha value is -1.43. The summed E-state index contributed by atoms with van der Waals surface area (Å²) in [5.74, 6) is -0.510. The minimum absolute atomic E-state index is 0. The van der Waals surface area contributed by atoms with Gasteiger partial charge < -0.3 is 11.1 Å². The summed E-state index contributed by atoms with van der Waals surface area (Å²) in [6, 6.07) is 6.07. The minimum Gasteiger partial charge on any atom is -0.352 e. The molecule has 1 aromatic heterocycles. The number of carbonyl (C=O) groups excluding carboxylic acids is 1. The summed E-state index contributed by atoms with van der Waals surface area (Å²) in [4.78, 5) is 16.2. The fourth-order valence-electron chi connectivity index (χ4n) is 1.87. The maximum atomic E-state index is 13.1. The molecule has 0 aliphatic rings. The number of nitrogens with one attached hydrogen (secondary N) is 1. The number of benzene rings is 1. The van der Waals surface area contributed by atoms with E-state index in [1.165, 1.54) is 12.1 Å². The van der Waals surface area contributed by atoms with E-state index in [1.807, 2.05) is 0 Å². The summed E-state index contributed by atoms with van der Waals surface area (Å²) in [6.07, 6.45) is 0.733. The molecule has 0 bridgehead atoms. The molecule has 0 fully saturated rings. The molecular weight excluding hydrogens is 316 g/mol. The van der Waals surface area contributed by atoms with E-state index in [1.54, 1.807) is 19.1 Å². The van der Waals surface area contributed by atoms with Crippen molar-refractivity contribution in [3.63, 3.8) is 0 Å². The van der Waals surface area contributed by atoms with Crippen molar-refractivity contribution in [1.29, 1.82) is 0 Å². The van der Waals surface area contributed by atoms with Crippen molar-refractivity contribution < 1.29 is 9.18 Å². The van der Waals surface area contributed by atoms with Crippen LogP contribution in [-0.4, -0.2) is 24.0 Å². The molecule has 0 saturated heterocycles. The van der Waals surface area contributed by atoms with E-state index in [2.05, 4.69) is 10.3 Å².